The van der Waals surface area contributed by atoms with Gasteiger partial charge in [0.25, 0.3) is 0 Å². The summed E-state index contributed by atoms with van der Waals surface area (Å²) < 4.78 is 0. The van der Waals surface area contributed by atoms with Crippen molar-refractivity contribution >= 4 is 5.69 Å². The maximum atomic E-state index is 3.60. The SMILES string of the molecule is CCCCN(CC)c1ccc(CNC2CC2)c(C)c1. The van der Waals surface area contributed by atoms with Crippen molar-refractivity contribution in [2.24, 2.45) is 0 Å². The quantitative estimate of drug-likeness (QED) is 0.763. The summed E-state index contributed by atoms with van der Waals surface area (Å²) in [6.45, 7) is 10.0. The first-order valence-corrected chi connectivity index (χ1v) is 7.82. The fraction of sp³-hybridized carbons (Fsp3) is 0.647. The zero-order chi connectivity index (χ0) is 13.7. The second kappa shape index (κ2) is 6.95. The van der Waals surface area contributed by atoms with Crippen LogP contribution in [0.2, 0.25) is 0 Å². The van der Waals surface area contributed by atoms with Gasteiger partial charge >= 0.3 is 0 Å². The van der Waals surface area contributed by atoms with Crippen LogP contribution in [0.25, 0.3) is 0 Å². The fourth-order valence-corrected chi connectivity index (χ4v) is 2.44. The molecule has 0 aromatic heterocycles. The van der Waals surface area contributed by atoms with E-state index in [9.17, 15) is 0 Å². The molecule has 1 N–H and O–H groups in total. The maximum absolute atomic E-state index is 3.60. The number of hydrogen-bond donors (Lipinski definition) is 1. The van der Waals surface area contributed by atoms with Crippen molar-refractivity contribution in [1.82, 2.24) is 5.32 Å². The van der Waals surface area contributed by atoms with Crippen LogP contribution in [-0.4, -0.2) is 19.1 Å². The van der Waals surface area contributed by atoms with Gasteiger partial charge in [0.05, 0.1) is 0 Å². The topological polar surface area (TPSA) is 15.3 Å². The monoisotopic (exact) mass is 260 g/mol. The van der Waals surface area contributed by atoms with Crippen LogP contribution in [0.3, 0.4) is 0 Å². The molecule has 0 atom stereocenters. The van der Waals surface area contributed by atoms with Gasteiger partial charge in [-0.2, -0.15) is 0 Å². The maximum Gasteiger partial charge on any atom is 0.0368 e. The number of rotatable bonds is 8. The van der Waals surface area contributed by atoms with Gasteiger partial charge in [0.15, 0.2) is 0 Å². The molecule has 2 nitrogen and oxygen atoms in total. The van der Waals surface area contributed by atoms with E-state index in [1.807, 2.05) is 0 Å². The molecule has 0 spiro atoms. The van der Waals surface area contributed by atoms with Crippen molar-refractivity contribution in [2.75, 3.05) is 18.0 Å². The summed E-state index contributed by atoms with van der Waals surface area (Å²) in [4.78, 5) is 2.48. The van der Waals surface area contributed by atoms with Crippen molar-refractivity contribution in [3.8, 4) is 0 Å². The highest BCUT2D eigenvalue weighted by atomic mass is 15.1. The van der Waals surface area contributed by atoms with E-state index in [-0.39, 0.29) is 0 Å². The normalized spacial score (nSPS) is 14.7. The van der Waals surface area contributed by atoms with Gasteiger partial charge in [-0.15, -0.1) is 0 Å². The molecule has 1 saturated carbocycles. The van der Waals surface area contributed by atoms with Gasteiger partial charge in [-0.05, 0) is 56.4 Å². The molecule has 2 heteroatoms. The van der Waals surface area contributed by atoms with Crippen LogP contribution in [0.1, 0.15) is 50.7 Å². The second-order valence-corrected chi connectivity index (χ2v) is 5.70. The lowest BCUT2D eigenvalue weighted by Gasteiger charge is -2.24. The van der Waals surface area contributed by atoms with Gasteiger partial charge < -0.3 is 10.2 Å². The number of anilines is 1. The lowest BCUT2D eigenvalue weighted by molar-refractivity contribution is 0.684. The molecule has 1 fully saturated rings. The smallest absolute Gasteiger partial charge is 0.0368 e. The average molecular weight is 260 g/mol. The average Bonchev–Trinajstić information content (AvgIpc) is 3.23. The second-order valence-electron chi connectivity index (χ2n) is 5.70. The van der Waals surface area contributed by atoms with E-state index in [2.05, 4.69) is 49.2 Å². The predicted molar refractivity (Wildman–Crippen MR) is 83.8 cm³/mol. The molecular weight excluding hydrogens is 232 g/mol. The molecule has 1 aromatic carbocycles. The molecule has 0 radical (unpaired) electrons. The third-order valence-corrected chi connectivity index (χ3v) is 4.01. The summed E-state index contributed by atoms with van der Waals surface area (Å²) >= 11 is 0. The summed E-state index contributed by atoms with van der Waals surface area (Å²) in [7, 11) is 0. The van der Waals surface area contributed by atoms with Gasteiger partial charge in [0, 0.05) is 31.4 Å². The number of benzene rings is 1. The highest BCUT2D eigenvalue weighted by Crippen LogP contribution is 2.22. The van der Waals surface area contributed by atoms with Crippen LogP contribution in [0.15, 0.2) is 18.2 Å². The van der Waals surface area contributed by atoms with Crippen LogP contribution >= 0.6 is 0 Å². The molecule has 19 heavy (non-hydrogen) atoms. The van der Waals surface area contributed by atoms with Crippen molar-refractivity contribution in [3.63, 3.8) is 0 Å². The summed E-state index contributed by atoms with van der Waals surface area (Å²) in [5.41, 5.74) is 4.24. The van der Waals surface area contributed by atoms with Crippen molar-refractivity contribution in [3.05, 3.63) is 29.3 Å². The summed E-state index contributed by atoms with van der Waals surface area (Å²) in [6, 6.07) is 7.73. The van der Waals surface area contributed by atoms with Crippen LogP contribution < -0.4 is 10.2 Å². The number of aryl methyl sites for hydroxylation is 1. The molecule has 0 unspecified atom stereocenters. The molecule has 0 heterocycles. The van der Waals surface area contributed by atoms with Gasteiger partial charge in [-0.3, -0.25) is 0 Å². The minimum absolute atomic E-state index is 0.788. The van der Waals surface area contributed by atoms with Crippen LogP contribution in [0.4, 0.5) is 5.69 Å². The molecule has 1 aliphatic rings. The van der Waals surface area contributed by atoms with Gasteiger partial charge in [0.1, 0.15) is 0 Å². The Morgan fingerprint density at radius 1 is 1.26 bits per heavy atom. The first-order valence-electron chi connectivity index (χ1n) is 7.82. The standard InChI is InChI=1S/C17H28N2/c1-4-6-11-19(5-2)17-10-7-15(14(3)12-17)13-18-16-8-9-16/h7,10,12,16,18H,4-6,8-9,11,13H2,1-3H3. The zero-order valence-corrected chi connectivity index (χ0v) is 12.7. The number of unbranched alkanes of at least 4 members (excludes halogenated alkanes) is 1. The largest absolute Gasteiger partial charge is 0.372 e. The fourth-order valence-electron chi connectivity index (χ4n) is 2.44. The lowest BCUT2D eigenvalue weighted by atomic mass is 10.1. The Bertz CT molecular complexity index is 396. The zero-order valence-electron chi connectivity index (χ0n) is 12.7. The predicted octanol–water partition coefficient (Wildman–Crippen LogP) is 3.87. The summed E-state index contributed by atoms with van der Waals surface area (Å²) in [5, 5.41) is 3.60. The van der Waals surface area contributed by atoms with Crippen LogP contribution in [-0.2, 0) is 6.54 Å². The van der Waals surface area contributed by atoms with Gasteiger partial charge in [0.2, 0.25) is 0 Å². The van der Waals surface area contributed by atoms with Gasteiger partial charge in [-0.1, -0.05) is 19.4 Å². The van der Waals surface area contributed by atoms with E-state index in [1.54, 1.807) is 0 Å². The molecule has 0 amide bonds. The minimum Gasteiger partial charge on any atom is -0.372 e. The van der Waals surface area contributed by atoms with E-state index in [4.69, 9.17) is 0 Å². The molecule has 106 valence electrons. The molecule has 1 aromatic rings. The highest BCUT2D eigenvalue weighted by Gasteiger charge is 2.20. The Hall–Kier alpha value is -1.02. The third kappa shape index (κ3) is 4.24. The number of nitrogens with zero attached hydrogens (tertiary/aromatic N) is 1. The van der Waals surface area contributed by atoms with E-state index in [0.717, 1.165) is 19.1 Å². The molecule has 2 rings (SSSR count). The van der Waals surface area contributed by atoms with Crippen molar-refractivity contribution < 1.29 is 0 Å². The van der Waals surface area contributed by atoms with E-state index >= 15 is 0 Å². The number of nitrogens with one attached hydrogen (secondary N) is 1. The Morgan fingerprint density at radius 3 is 2.63 bits per heavy atom. The summed E-state index contributed by atoms with van der Waals surface area (Å²) in [6.07, 6.45) is 5.26. The number of hydrogen-bond acceptors (Lipinski definition) is 2. The van der Waals surface area contributed by atoms with Crippen molar-refractivity contribution in [1.29, 1.82) is 0 Å². The van der Waals surface area contributed by atoms with E-state index in [0.29, 0.717) is 0 Å². The summed E-state index contributed by atoms with van der Waals surface area (Å²) in [5.74, 6) is 0. The molecule has 0 saturated heterocycles. The van der Waals surface area contributed by atoms with Crippen LogP contribution in [0.5, 0.6) is 0 Å². The van der Waals surface area contributed by atoms with Crippen molar-refractivity contribution in [2.45, 2.75) is 59.0 Å². The molecule has 0 bridgehead atoms. The van der Waals surface area contributed by atoms with E-state index < -0.39 is 0 Å². The van der Waals surface area contributed by atoms with Crippen LogP contribution in [0, 0.1) is 6.92 Å². The Labute approximate surface area is 118 Å². The molecule has 1 aliphatic carbocycles. The first kappa shape index (κ1) is 14.4. The minimum atomic E-state index is 0.788. The Kier molecular flexibility index (Phi) is 5.26. The Morgan fingerprint density at radius 2 is 2.05 bits per heavy atom. The van der Waals surface area contributed by atoms with E-state index in [1.165, 1.54) is 49.0 Å². The highest BCUT2D eigenvalue weighted by molar-refractivity contribution is 5.50. The first-order chi connectivity index (χ1) is 9.24. The molecule has 0 aliphatic heterocycles. The Balaban J connectivity index is 1.98. The molecular formula is C17H28N2. The van der Waals surface area contributed by atoms with Gasteiger partial charge in [-0.25, -0.2) is 0 Å². The third-order valence-electron chi connectivity index (χ3n) is 4.01. The lowest BCUT2D eigenvalue weighted by Crippen LogP contribution is -2.24.